The van der Waals surface area contributed by atoms with Gasteiger partial charge in [0.1, 0.15) is 29.5 Å². The van der Waals surface area contributed by atoms with Gasteiger partial charge in [0.25, 0.3) is 0 Å². The second-order valence-corrected chi connectivity index (χ2v) is 20.1. The van der Waals surface area contributed by atoms with E-state index in [-0.39, 0.29) is 36.1 Å². The Hall–Kier alpha value is -5.86. The van der Waals surface area contributed by atoms with Crippen molar-refractivity contribution in [2.75, 3.05) is 6.61 Å². The second-order valence-electron chi connectivity index (χ2n) is 20.1. The van der Waals surface area contributed by atoms with E-state index < -0.39 is 112 Å². The SMILES string of the molecule is CC(=O)O[C@@]12CO[C@@H]1C[C@H](C)[C@@]1(C)C(=O)[C@H](OC(=O)c3ccccc3)C3=C(C)[C@@H](OC(=O)[C@H](C)[C@@H](NC(=O)OC(C)(C)C)c4ccccc4)C[C@@](O)(C(OC(=O)c4ccccc4)C12)C3(C)C. The van der Waals surface area contributed by atoms with Gasteiger partial charge in [-0.2, -0.15) is 0 Å². The fourth-order valence-corrected chi connectivity index (χ4v) is 10.9. The minimum atomic E-state index is -2.25. The van der Waals surface area contributed by atoms with E-state index in [1.54, 1.807) is 146 Å². The van der Waals surface area contributed by atoms with Crippen molar-refractivity contribution in [3.05, 3.63) is 119 Å². The molecule has 352 valence electrons. The molecule has 7 rings (SSSR count). The summed E-state index contributed by atoms with van der Waals surface area (Å²) in [6.45, 7) is 16.3. The van der Waals surface area contributed by atoms with Crippen LogP contribution in [0.2, 0.25) is 0 Å². The molecular weight excluding hydrogens is 847 g/mol. The van der Waals surface area contributed by atoms with Crippen LogP contribution >= 0.6 is 0 Å². The molecule has 4 aliphatic rings. The normalized spacial score (nSPS) is 30.9. The van der Waals surface area contributed by atoms with Crippen molar-refractivity contribution in [3.8, 4) is 0 Å². The lowest BCUT2D eigenvalue weighted by atomic mass is 9.43. The third kappa shape index (κ3) is 8.42. The molecule has 14 nitrogen and oxygen atoms in total. The van der Waals surface area contributed by atoms with E-state index in [4.69, 9.17) is 28.4 Å². The van der Waals surface area contributed by atoms with Crippen molar-refractivity contribution < 1.29 is 62.3 Å². The molecule has 3 aromatic rings. The highest BCUT2D eigenvalue weighted by Gasteiger charge is 2.77. The number of nitrogens with one attached hydrogen (secondary N) is 1. The predicted octanol–water partition coefficient (Wildman–Crippen LogP) is 7.67. The maximum Gasteiger partial charge on any atom is 0.408 e. The lowest BCUT2D eigenvalue weighted by Gasteiger charge is -2.68. The number of Topliss-reactive ketones (excluding diaryl/α,β-unsaturated/α-hetero) is 1. The van der Waals surface area contributed by atoms with Crippen molar-refractivity contribution in [1.29, 1.82) is 0 Å². The molecule has 11 atom stereocenters. The summed E-state index contributed by atoms with van der Waals surface area (Å²) < 4.78 is 37.4. The van der Waals surface area contributed by atoms with Gasteiger partial charge in [0, 0.05) is 24.2 Å². The first-order chi connectivity index (χ1) is 31.0. The zero-order valence-corrected chi connectivity index (χ0v) is 39.2. The number of amides is 1. The molecule has 1 aliphatic heterocycles. The topological polar surface area (TPSA) is 190 Å². The Morgan fingerprint density at radius 1 is 0.833 bits per heavy atom. The molecule has 2 saturated carbocycles. The highest BCUT2D eigenvalue weighted by atomic mass is 16.6. The third-order valence-corrected chi connectivity index (χ3v) is 14.6. The zero-order valence-electron chi connectivity index (χ0n) is 39.2. The van der Waals surface area contributed by atoms with Gasteiger partial charge in [0.2, 0.25) is 0 Å². The molecule has 2 N–H and O–H groups in total. The van der Waals surface area contributed by atoms with Gasteiger partial charge in [0.15, 0.2) is 17.5 Å². The van der Waals surface area contributed by atoms with Crippen LogP contribution in [0, 0.1) is 28.6 Å². The molecule has 2 bridgehead atoms. The molecule has 3 fully saturated rings. The average molecular weight is 908 g/mol. The monoisotopic (exact) mass is 907 g/mol. The van der Waals surface area contributed by atoms with Crippen molar-refractivity contribution in [3.63, 3.8) is 0 Å². The van der Waals surface area contributed by atoms with E-state index in [9.17, 15) is 29.1 Å². The number of aliphatic hydroxyl groups is 1. The largest absolute Gasteiger partial charge is 0.457 e. The molecule has 0 radical (unpaired) electrons. The Bertz CT molecular complexity index is 2390. The summed E-state index contributed by atoms with van der Waals surface area (Å²) >= 11 is 0. The number of ether oxygens (including phenoxy) is 6. The number of rotatable bonds is 10. The van der Waals surface area contributed by atoms with E-state index in [2.05, 4.69) is 5.32 Å². The van der Waals surface area contributed by atoms with Gasteiger partial charge >= 0.3 is 30.0 Å². The number of hydrogen-bond acceptors (Lipinski definition) is 13. The first-order valence-electron chi connectivity index (χ1n) is 22.5. The molecule has 3 aliphatic carbocycles. The van der Waals surface area contributed by atoms with Gasteiger partial charge in [-0.3, -0.25) is 14.4 Å². The highest BCUT2D eigenvalue weighted by Crippen LogP contribution is 2.65. The van der Waals surface area contributed by atoms with Crippen molar-refractivity contribution in [2.45, 2.75) is 129 Å². The first-order valence-corrected chi connectivity index (χ1v) is 22.5. The van der Waals surface area contributed by atoms with Crippen molar-refractivity contribution >= 4 is 35.8 Å². The van der Waals surface area contributed by atoms with E-state index in [1.807, 2.05) is 6.92 Å². The summed E-state index contributed by atoms with van der Waals surface area (Å²) in [4.78, 5) is 86.0. The van der Waals surface area contributed by atoms with Gasteiger partial charge in [0.05, 0.1) is 35.6 Å². The molecule has 14 heteroatoms. The number of carbonyl (C=O) groups is 6. The number of ketones is 1. The number of esters is 4. The number of benzene rings is 3. The van der Waals surface area contributed by atoms with Crippen LogP contribution in [-0.2, 0) is 42.8 Å². The Morgan fingerprint density at radius 3 is 1.89 bits per heavy atom. The lowest BCUT2D eigenvalue weighted by Crippen LogP contribution is -2.80. The fraction of sp³-hybridized carbons (Fsp3) is 0.500. The molecular formula is C52H61NO13. The van der Waals surface area contributed by atoms with Crippen molar-refractivity contribution in [2.24, 2.45) is 28.6 Å². The van der Waals surface area contributed by atoms with E-state index in [0.717, 1.165) is 0 Å². The van der Waals surface area contributed by atoms with Gasteiger partial charge < -0.3 is 38.8 Å². The number of carbonyl (C=O) groups excluding carboxylic acids is 6. The molecule has 0 aromatic heterocycles. The van der Waals surface area contributed by atoms with Crippen molar-refractivity contribution in [1.82, 2.24) is 5.32 Å². The summed E-state index contributed by atoms with van der Waals surface area (Å²) in [6, 6.07) is 24.2. The van der Waals surface area contributed by atoms with Crippen LogP contribution in [0.1, 0.15) is 114 Å². The van der Waals surface area contributed by atoms with E-state index in [0.29, 0.717) is 11.1 Å². The van der Waals surface area contributed by atoms with Gasteiger partial charge in [-0.05, 0) is 87.9 Å². The minimum absolute atomic E-state index is 0.152. The van der Waals surface area contributed by atoms with Crippen LogP contribution < -0.4 is 5.32 Å². The minimum Gasteiger partial charge on any atom is -0.457 e. The maximum absolute atomic E-state index is 16.1. The molecule has 1 amide bonds. The standard InChI is InChI=1S/C52H61NO13/c1-29-26-37-51(28-61-37,65-32(4)54)41-43(64-46(58)35-24-18-13-19-25-35)52(60)27-36(62-44(56)31(3)39(33-20-14-11-15-21-33)53-47(59)66-48(5,6)7)30(2)38(49(52,8)9)40(42(55)50(29,41)10)63-45(57)34-22-16-12-17-23-34/h11-25,29,31,36-37,39-41,43,60H,26-28H2,1-10H3,(H,53,59)/t29-,31+,36-,37+,39+,40+,41?,43?,50+,51-,52+/m0/s1. The van der Waals surface area contributed by atoms with Gasteiger partial charge in [-0.25, -0.2) is 14.4 Å². The highest BCUT2D eigenvalue weighted by molar-refractivity contribution is 5.98. The maximum atomic E-state index is 16.1. The summed E-state index contributed by atoms with van der Waals surface area (Å²) in [7, 11) is 0. The molecule has 66 heavy (non-hydrogen) atoms. The smallest absolute Gasteiger partial charge is 0.408 e. The lowest BCUT2D eigenvalue weighted by molar-refractivity contribution is -0.340. The Morgan fingerprint density at radius 2 is 1.38 bits per heavy atom. The summed E-state index contributed by atoms with van der Waals surface area (Å²) in [5.74, 6) is -6.64. The van der Waals surface area contributed by atoms with Crippen LogP contribution in [0.3, 0.4) is 0 Å². The number of alkyl carbamates (subject to hydrolysis) is 1. The quantitative estimate of drug-likeness (QED) is 0.115. The van der Waals surface area contributed by atoms with Crippen LogP contribution in [0.4, 0.5) is 4.79 Å². The second kappa shape index (κ2) is 17.7. The third-order valence-electron chi connectivity index (χ3n) is 14.6. The molecule has 0 spiro atoms. The molecule has 1 saturated heterocycles. The zero-order chi connectivity index (χ0) is 48.1. The fourth-order valence-electron chi connectivity index (χ4n) is 10.9. The van der Waals surface area contributed by atoms with E-state index in [1.165, 1.54) is 6.92 Å². The molecule has 2 unspecified atom stereocenters. The van der Waals surface area contributed by atoms with Gasteiger partial charge in [-0.15, -0.1) is 0 Å². The average Bonchev–Trinajstić information content (AvgIpc) is 3.26. The first kappa shape index (κ1) is 48.1. The Kier molecular flexibility index (Phi) is 12.9. The van der Waals surface area contributed by atoms with Crippen LogP contribution in [0.25, 0.3) is 0 Å². The summed E-state index contributed by atoms with van der Waals surface area (Å²) in [5, 5.41) is 16.8. The predicted molar refractivity (Wildman–Crippen MR) is 240 cm³/mol. The summed E-state index contributed by atoms with van der Waals surface area (Å²) in [5.41, 5.74) is -6.52. The van der Waals surface area contributed by atoms with Gasteiger partial charge in [-0.1, -0.05) is 94.4 Å². The number of hydrogen-bond donors (Lipinski definition) is 2. The van der Waals surface area contributed by atoms with Crippen LogP contribution in [-0.4, -0.2) is 88.7 Å². The molecule has 3 aromatic carbocycles. The summed E-state index contributed by atoms with van der Waals surface area (Å²) in [6.07, 6.45) is -6.32. The number of fused-ring (bicyclic) bond motifs is 5. The van der Waals surface area contributed by atoms with Crippen LogP contribution in [0.15, 0.2) is 102 Å². The van der Waals surface area contributed by atoms with E-state index >= 15 is 4.79 Å². The van der Waals surface area contributed by atoms with Crippen LogP contribution in [0.5, 0.6) is 0 Å². The molecule has 1 heterocycles. The Labute approximate surface area is 385 Å². The Balaban J connectivity index is 1.42.